The fourth-order valence-corrected chi connectivity index (χ4v) is 1.36. The van der Waals surface area contributed by atoms with E-state index >= 15 is 0 Å². The molecule has 1 fully saturated rings. The Bertz CT molecular complexity index is 264. The maximum Gasteiger partial charge on any atom is 0.133 e. The molecule has 0 amide bonds. The van der Waals surface area contributed by atoms with Crippen molar-refractivity contribution in [1.29, 1.82) is 0 Å². The molecule has 11 heavy (non-hydrogen) atoms. The third-order valence-electron chi connectivity index (χ3n) is 2.11. The van der Waals surface area contributed by atoms with E-state index in [1.165, 1.54) is 0 Å². The Kier molecular flexibility index (Phi) is 1.27. The van der Waals surface area contributed by atoms with Crippen LogP contribution in [0.15, 0.2) is 6.33 Å². The Hall–Kier alpha value is -0.870. The highest BCUT2D eigenvalue weighted by Crippen LogP contribution is 2.24. The van der Waals surface area contributed by atoms with Crippen LogP contribution >= 0.6 is 0 Å². The number of β-amino-alcohol motifs (C(OH)–C–C–N with tert-alkyl or cyclic N) is 1. The zero-order chi connectivity index (χ0) is 7.90. The van der Waals surface area contributed by atoms with Gasteiger partial charge in [0.2, 0.25) is 0 Å². The molecule has 1 aromatic rings. The first-order valence-electron chi connectivity index (χ1n) is 3.66. The minimum Gasteiger partial charge on any atom is -0.381 e. The van der Waals surface area contributed by atoms with Crippen molar-refractivity contribution in [3.63, 3.8) is 0 Å². The van der Waals surface area contributed by atoms with Gasteiger partial charge in [-0.2, -0.15) is 0 Å². The van der Waals surface area contributed by atoms with Crippen molar-refractivity contribution < 1.29 is 5.11 Å². The SMILES string of the molecule is Cc1[nH]cnc1C1(O)CNC1. The average Bonchev–Trinajstić information content (AvgIpc) is 2.30. The van der Waals surface area contributed by atoms with Gasteiger partial charge in [0.1, 0.15) is 5.60 Å². The monoisotopic (exact) mass is 153 g/mol. The molecule has 0 spiro atoms. The van der Waals surface area contributed by atoms with Crippen LogP contribution < -0.4 is 5.32 Å². The third kappa shape index (κ3) is 0.868. The van der Waals surface area contributed by atoms with Crippen molar-refractivity contribution in [1.82, 2.24) is 15.3 Å². The lowest BCUT2D eigenvalue weighted by molar-refractivity contribution is -0.0187. The van der Waals surface area contributed by atoms with E-state index in [0.29, 0.717) is 13.1 Å². The van der Waals surface area contributed by atoms with Crippen molar-refractivity contribution in [2.45, 2.75) is 12.5 Å². The molecule has 2 rings (SSSR count). The van der Waals surface area contributed by atoms with E-state index in [4.69, 9.17) is 0 Å². The number of hydrogen-bond donors (Lipinski definition) is 3. The summed E-state index contributed by atoms with van der Waals surface area (Å²) in [4.78, 5) is 7.01. The maximum atomic E-state index is 9.81. The van der Waals surface area contributed by atoms with Crippen LogP contribution in [0.5, 0.6) is 0 Å². The number of aryl methyl sites for hydroxylation is 1. The van der Waals surface area contributed by atoms with Gasteiger partial charge in [-0.3, -0.25) is 0 Å². The summed E-state index contributed by atoms with van der Waals surface area (Å²) in [7, 11) is 0. The molecule has 0 atom stereocenters. The molecule has 4 heteroatoms. The molecule has 60 valence electrons. The Labute approximate surface area is 64.7 Å². The van der Waals surface area contributed by atoms with Gasteiger partial charge in [0, 0.05) is 18.8 Å². The third-order valence-corrected chi connectivity index (χ3v) is 2.11. The van der Waals surface area contributed by atoms with Crippen molar-refractivity contribution in [3.8, 4) is 0 Å². The van der Waals surface area contributed by atoms with Crippen LogP contribution in [-0.4, -0.2) is 28.2 Å². The van der Waals surface area contributed by atoms with E-state index < -0.39 is 5.60 Å². The van der Waals surface area contributed by atoms with Crippen LogP contribution in [0.25, 0.3) is 0 Å². The summed E-state index contributed by atoms with van der Waals surface area (Å²) in [5.41, 5.74) is 1.01. The van der Waals surface area contributed by atoms with Crippen LogP contribution in [0.1, 0.15) is 11.4 Å². The summed E-state index contributed by atoms with van der Waals surface area (Å²) in [6.07, 6.45) is 1.61. The van der Waals surface area contributed by atoms with Crippen molar-refractivity contribution in [2.24, 2.45) is 0 Å². The van der Waals surface area contributed by atoms with Gasteiger partial charge in [-0.15, -0.1) is 0 Å². The first-order valence-corrected chi connectivity index (χ1v) is 3.66. The highest BCUT2D eigenvalue weighted by atomic mass is 16.3. The van der Waals surface area contributed by atoms with E-state index in [1.54, 1.807) is 6.33 Å². The molecular weight excluding hydrogens is 142 g/mol. The number of aromatic amines is 1. The number of aromatic nitrogens is 2. The highest BCUT2D eigenvalue weighted by Gasteiger charge is 2.39. The summed E-state index contributed by atoms with van der Waals surface area (Å²) in [5, 5.41) is 12.8. The van der Waals surface area contributed by atoms with E-state index in [-0.39, 0.29) is 0 Å². The first kappa shape index (κ1) is 6.82. The molecule has 1 aliphatic rings. The van der Waals surface area contributed by atoms with Gasteiger partial charge < -0.3 is 15.4 Å². The molecular formula is C7H11N3O. The minimum absolute atomic E-state index is 0.610. The van der Waals surface area contributed by atoms with Crippen LogP contribution in [0.2, 0.25) is 0 Å². The fraction of sp³-hybridized carbons (Fsp3) is 0.571. The molecule has 0 aliphatic carbocycles. The maximum absolute atomic E-state index is 9.81. The number of imidazole rings is 1. The number of H-pyrrole nitrogens is 1. The second-order valence-corrected chi connectivity index (χ2v) is 3.01. The lowest BCUT2D eigenvalue weighted by atomic mass is 9.92. The lowest BCUT2D eigenvalue weighted by Gasteiger charge is -2.36. The summed E-state index contributed by atoms with van der Waals surface area (Å²) < 4.78 is 0. The average molecular weight is 153 g/mol. The largest absolute Gasteiger partial charge is 0.381 e. The molecule has 2 heterocycles. The quantitative estimate of drug-likeness (QED) is 0.510. The number of nitrogens with zero attached hydrogens (tertiary/aromatic N) is 1. The highest BCUT2D eigenvalue weighted by molar-refractivity contribution is 5.21. The molecule has 1 aliphatic heterocycles. The van der Waals surface area contributed by atoms with E-state index in [1.807, 2.05) is 6.92 Å². The van der Waals surface area contributed by atoms with Crippen LogP contribution in [0, 0.1) is 6.92 Å². The smallest absolute Gasteiger partial charge is 0.133 e. The van der Waals surface area contributed by atoms with Gasteiger partial charge in [-0.1, -0.05) is 0 Å². The molecule has 4 nitrogen and oxygen atoms in total. The number of hydrogen-bond acceptors (Lipinski definition) is 3. The second kappa shape index (κ2) is 2.06. The summed E-state index contributed by atoms with van der Waals surface area (Å²) in [6.45, 7) is 3.13. The summed E-state index contributed by atoms with van der Waals surface area (Å²) >= 11 is 0. The second-order valence-electron chi connectivity index (χ2n) is 3.01. The Morgan fingerprint density at radius 2 is 2.36 bits per heavy atom. The lowest BCUT2D eigenvalue weighted by Crippen LogP contribution is -2.57. The van der Waals surface area contributed by atoms with Crippen LogP contribution in [0.3, 0.4) is 0 Å². The Balaban J connectivity index is 2.35. The normalized spacial score (nSPS) is 21.3. The zero-order valence-corrected chi connectivity index (χ0v) is 6.39. The number of rotatable bonds is 1. The van der Waals surface area contributed by atoms with Crippen molar-refractivity contribution >= 4 is 0 Å². The standard InChI is InChI=1S/C7H11N3O/c1-5-6(10-4-9-5)7(11)2-8-3-7/h4,8,11H,2-3H2,1H3,(H,9,10). The van der Waals surface area contributed by atoms with E-state index in [0.717, 1.165) is 11.4 Å². The molecule has 0 saturated carbocycles. The zero-order valence-electron chi connectivity index (χ0n) is 6.39. The number of nitrogens with one attached hydrogen (secondary N) is 2. The topological polar surface area (TPSA) is 60.9 Å². The summed E-state index contributed by atoms with van der Waals surface area (Å²) in [6, 6.07) is 0. The van der Waals surface area contributed by atoms with E-state index in [9.17, 15) is 5.11 Å². The first-order chi connectivity index (χ1) is 5.22. The van der Waals surface area contributed by atoms with Gasteiger partial charge in [-0.25, -0.2) is 4.98 Å². The molecule has 3 N–H and O–H groups in total. The van der Waals surface area contributed by atoms with Gasteiger partial charge in [-0.05, 0) is 6.92 Å². The predicted molar refractivity (Wildman–Crippen MR) is 40.1 cm³/mol. The molecule has 0 unspecified atom stereocenters. The Morgan fingerprint density at radius 3 is 2.73 bits per heavy atom. The summed E-state index contributed by atoms with van der Waals surface area (Å²) in [5.74, 6) is 0. The minimum atomic E-state index is -0.718. The molecule has 1 saturated heterocycles. The molecule has 0 radical (unpaired) electrons. The molecule has 0 aromatic carbocycles. The fourth-order valence-electron chi connectivity index (χ4n) is 1.36. The van der Waals surface area contributed by atoms with E-state index in [2.05, 4.69) is 15.3 Å². The Morgan fingerprint density at radius 1 is 1.64 bits per heavy atom. The molecule has 1 aromatic heterocycles. The van der Waals surface area contributed by atoms with Crippen LogP contribution in [-0.2, 0) is 5.60 Å². The molecule has 0 bridgehead atoms. The van der Waals surface area contributed by atoms with Crippen LogP contribution in [0.4, 0.5) is 0 Å². The van der Waals surface area contributed by atoms with Gasteiger partial charge in [0.25, 0.3) is 0 Å². The van der Waals surface area contributed by atoms with Gasteiger partial charge >= 0.3 is 0 Å². The predicted octanol–water partition coefficient (Wildman–Crippen LogP) is -0.491. The number of aliphatic hydroxyl groups is 1. The van der Waals surface area contributed by atoms with Crippen molar-refractivity contribution in [2.75, 3.05) is 13.1 Å². The van der Waals surface area contributed by atoms with Gasteiger partial charge in [0.05, 0.1) is 12.0 Å². The van der Waals surface area contributed by atoms with Gasteiger partial charge in [0.15, 0.2) is 0 Å². The van der Waals surface area contributed by atoms with Crippen molar-refractivity contribution in [3.05, 3.63) is 17.7 Å².